The van der Waals surface area contributed by atoms with E-state index in [9.17, 15) is 19.5 Å². The van der Waals surface area contributed by atoms with Crippen molar-refractivity contribution in [1.82, 2.24) is 0 Å². The van der Waals surface area contributed by atoms with E-state index in [-0.39, 0.29) is 17.7 Å². The monoisotopic (exact) mass is 365 g/mol. The number of ether oxygens (including phenoxy) is 1. The van der Waals surface area contributed by atoms with Gasteiger partial charge in [0.15, 0.2) is 0 Å². The van der Waals surface area contributed by atoms with Crippen LogP contribution in [0.1, 0.15) is 47.8 Å². The molecule has 0 spiro atoms. The summed E-state index contributed by atoms with van der Waals surface area (Å²) >= 11 is 1.34. The van der Waals surface area contributed by atoms with Crippen LogP contribution in [-0.4, -0.2) is 30.1 Å². The Bertz CT molecular complexity index is 690. The molecule has 3 fully saturated rings. The number of rotatable bonds is 5. The van der Waals surface area contributed by atoms with E-state index in [1.54, 1.807) is 6.07 Å². The number of amides is 1. The molecule has 3 aliphatic carbocycles. The number of hydrogen-bond acceptors (Lipinski definition) is 5. The third-order valence-electron chi connectivity index (χ3n) is 5.58. The van der Waals surface area contributed by atoms with Gasteiger partial charge in [-0.2, -0.15) is 0 Å². The molecule has 1 aromatic rings. The zero-order valence-corrected chi connectivity index (χ0v) is 15.2. The van der Waals surface area contributed by atoms with Gasteiger partial charge in [0.05, 0.1) is 24.5 Å². The van der Waals surface area contributed by atoms with Crippen molar-refractivity contribution in [1.29, 1.82) is 0 Å². The molecule has 25 heavy (non-hydrogen) atoms. The molecular weight excluding hydrogens is 342 g/mol. The van der Waals surface area contributed by atoms with Gasteiger partial charge in [-0.15, -0.1) is 11.3 Å². The lowest BCUT2D eigenvalue weighted by Gasteiger charge is -2.45. The second-order valence-corrected chi connectivity index (χ2v) is 7.99. The first-order valence-corrected chi connectivity index (χ1v) is 9.52. The SMILES string of the molecule is CCc1cc(C(=O)OC)c(NC(=O)[C@@H]2C3CCC(CC3)[C@H]2C(=O)O)s1. The number of carbonyl (C=O) groups excluding carboxylic acids is 2. The van der Waals surface area contributed by atoms with Gasteiger partial charge in [-0.25, -0.2) is 4.79 Å². The van der Waals surface area contributed by atoms with Crippen LogP contribution >= 0.6 is 11.3 Å². The predicted molar refractivity (Wildman–Crippen MR) is 93.7 cm³/mol. The van der Waals surface area contributed by atoms with Crippen molar-refractivity contribution in [2.24, 2.45) is 23.7 Å². The van der Waals surface area contributed by atoms with Crippen LogP contribution in [0.25, 0.3) is 0 Å². The second-order valence-electron chi connectivity index (χ2n) is 6.85. The number of carbonyl (C=O) groups is 3. The van der Waals surface area contributed by atoms with Crippen LogP contribution in [-0.2, 0) is 20.7 Å². The Balaban J connectivity index is 1.85. The summed E-state index contributed by atoms with van der Waals surface area (Å²) in [4.78, 5) is 37.6. The number of methoxy groups -OCH3 is 1. The summed E-state index contributed by atoms with van der Waals surface area (Å²) in [5, 5.41) is 12.9. The highest BCUT2D eigenvalue weighted by atomic mass is 32.1. The van der Waals surface area contributed by atoms with E-state index in [0.717, 1.165) is 37.0 Å². The number of carboxylic acids is 1. The number of thiophene rings is 1. The number of esters is 1. The number of fused-ring (bicyclic) bond motifs is 3. The summed E-state index contributed by atoms with van der Waals surface area (Å²) in [7, 11) is 1.30. The van der Waals surface area contributed by atoms with Crippen molar-refractivity contribution in [2.45, 2.75) is 39.0 Å². The number of hydrogen-bond donors (Lipinski definition) is 2. The molecule has 2 bridgehead atoms. The molecule has 1 amide bonds. The number of anilines is 1. The number of aryl methyl sites for hydroxylation is 1. The average Bonchev–Trinajstić information content (AvgIpc) is 3.03. The van der Waals surface area contributed by atoms with Crippen molar-refractivity contribution in [3.63, 3.8) is 0 Å². The maximum Gasteiger partial charge on any atom is 0.340 e. The highest BCUT2D eigenvalue weighted by molar-refractivity contribution is 7.16. The van der Waals surface area contributed by atoms with E-state index in [0.29, 0.717) is 10.6 Å². The van der Waals surface area contributed by atoms with Crippen molar-refractivity contribution in [3.8, 4) is 0 Å². The van der Waals surface area contributed by atoms with Gasteiger partial charge < -0.3 is 15.2 Å². The van der Waals surface area contributed by atoms with Gasteiger partial charge in [0.25, 0.3) is 0 Å². The molecule has 7 heteroatoms. The molecule has 1 heterocycles. The van der Waals surface area contributed by atoms with Gasteiger partial charge in [0.2, 0.25) is 5.91 Å². The lowest BCUT2D eigenvalue weighted by Crippen LogP contribution is -2.49. The summed E-state index contributed by atoms with van der Waals surface area (Å²) in [5.41, 5.74) is 0.338. The quantitative estimate of drug-likeness (QED) is 0.782. The summed E-state index contributed by atoms with van der Waals surface area (Å²) in [5.74, 6) is -2.63. The van der Waals surface area contributed by atoms with E-state index < -0.39 is 23.8 Å². The maximum absolute atomic E-state index is 12.9. The molecule has 2 atom stereocenters. The molecule has 3 aliphatic rings. The second kappa shape index (κ2) is 7.15. The van der Waals surface area contributed by atoms with Crippen LogP contribution in [0.5, 0.6) is 0 Å². The van der Waals surface area contributed by atoms with Crippen LogP contribution in [0.2, 0.25) is 0 Å². The fraction of sp³-hybridized carbons (Fsp3) is 0.611. The predicted octanol–water partition coefficient (Wildman–Crippen LogP) is 3.17. The van der Waals surface area contributed by atoms with Crippen molar-refractivity contribution in [2.75, 3.05) is 12.4 Å². The maximum atomic E-state index is 12.9. The number of nitrogens with one attached hydrogen (secondary N) is 1. The Morgan fingerprint density at radius 1 is 1.20 bits per heavy atom. The van der Waals surface area contributed by atoms with Gasteiger partial charge in [-0.1, -0.05) is 6.92 Å². The zero-order chi connectivity index (χ0) is 18.1. The molecule has 4 rings (SSSR count). The third-order valence-corrected chi connectivity index (χ3v) is 6.78. The Labute approximate surface area is 150 Å². The Hall–Kier alpha value is -1.89. The van der Waals surface area contributed by atoms with E-state index in [1.165, 1.54) is 18.4 Å². The molecule has 2 N–H and O–H groups in total. The summed E-state index contributed by atoms with van der Waals surface area (Å²) < 4.78 is 4.79. The van der Waals surface area contributed by atoms with Gasteiger partial charge in [-0.05, 0) is 50.0 Å². The molecular formula is C18H23NO5S. The van der Waals surface area contributed by atoms with Crippen LogP contribution < -0.4 is 5.32 Å². The summed E-state index contributed by atoms with van der Waals surface area (Å²) in [6.07, 6.45) is 4.33. The smallest absolute Gasteiger partial charge is 0.340 e. The molecule has 3 saturated carbocycles. The highest BCUT2D eigenvalue weighted by Gasteiger charge is 2.50. The van der Waals surface area contributed by atoms with Gasteiger partial charge in [0.1, 0.15) is 5.00 Å². The Morgan fingerprint density at radius 3 is 2.32 bits per heavy atom. The Kier molecular flexibility index (Phi) is 5.13. The minimum Gasteiger partial charge on any atom is -0.481 e. The fourth-order valence-corrected chi connectivity index (χ4v) is 5.34. The molecule has 0 radical (unpaired) electrons. The first-order valence-electron chi connectivity index (χ1n) is 8.70. The molecule has 6 nitrogen and oxygen atoms in total. The highest BCUT2D eigenvalue weighted by Crippen LogP contribution is 2.49. The zero-order valence-electron chi connectivity index (χ0n) is 14.4. The lowest BCUT2D eigenvalue weighted by atomic mass is 9.58. The van der Waals surface area contributed by atoms with E-state index >= 15 is 0 Å². The topological polar surface area (TPSA) is 92.7 Å². The lowest BCUT2D eigenvalue weighted by molar-refractivity contribution is -0.156. The van der Waals surface area contributed by atoms with Crippen molar-refractivity contribution in [3.05, 3.63) is 16.5 Å². The molecule has 1 aromatic heterocycles. The average molecular weight is 365 g/mol. The Morgan fingerprint density at radius 2 is 1.80 bits per heavy atom. The van der Waals surface area contributed by atoms with Gasteiger partial charge in [-0.3, -0.25) is 9.59 Å². The van der Waals surface area contributed by atoms with Crippen molar-refractivity contribution < 1.29 is 24.2 Å². The van der Waals surface area contributed by atoms with Crippen LogP contribution in [0, 0.1) is 23.7 Å². The largest absolute Gasteiger partial charge is 0.481 e. The molecule has 136 valence electrons. The molecule has 0 saturated heterocycles. The third kappa shape index (κ3) is 3.29. The normalized spacial score (nSPS) is 27.8. The van der Waals surface area contributed by atoms with Crippen LogP contribution in [0.3, 0.4) is 0 Å². The number of carboxylic acid groups (broad SMARTS) is 1. The molecule has 0 aliphatic heterocycles. The van der Waals surface area contributed by atoms with E-state index in [1.807, 2.05) is 6.92 Å². The van der Waals surface area contributed by atoms with E-state index in [4.69, 9.17) is 4.74 Å². The van der Waals surface area contributed by atoms with E-state index in [2.05, 4.69) is 5.32 Å². The van der Waals surface area contributed by atoms with Gasteiger partial charge in [0, 0.05) is 4.88 Å². The summed E-state index contributed by atoms with van der Waals surface area (Å²) in [6, 6.07) is 1.73. The molecule has 0 unspecified atom stereocenters. The standard InChI is InChI=1S/C18H23NO5S/c1-3-11-8-12(18(23)24-2)16(25-11)19-15(20)13-9-4-6-10(7-5-9)14(13)17(21)22/h8-10,13-14H,3-7H2,1-2H3,(H,19,20)(H,21,22)/t9?,10?,13-,14-/m1/s1. The van der Waals surface area contributed by atoms with Crippen molar-refractivity contribution >= 4 is 34.2 Å². The molecule has 0 aromatic carbocycles. The number of aliphatic carboxylic acids is 1. The first-order chi connectivity index (χ1) is 12.0. The minimum atomic E-state index is -0.886. The minimum absolute atomic E-state index is 0.0767. The summed E-state index contributed by atoms with van der Waals surface area (Å²) in [6.45, 7) is 1.97. The van der Waals surface area contributed by atoms with Gasteiger partial charge >= 0.3 is 11.9 Å². The van der Waals surface area contributed by atoms with Crippen LogP contribution in [0.4, 0.5) is 5.00 Å². The first kappa shape index (κ1) is 17.9. The van der Waals surface area contributed by atoms with Crippen LogP contribution in [0.15, 0.2) is 6.07 Å². The fourth-order valence-electron chi connectivity index (χ4n) is 4.35.